The molecule has 2 N–H and O–H groups in total. The summed E-state index contributed by atoms with van der Waals surface area (Å²) in [7, 11) is -0.674. The van der Waals surface area contributed by atoms with Crippen molar-refractivity contribution in [2.75, 3.05) is 20.6 Å². The van der Waals surface area contributed by atoms with Crippen LogP contribution < -0.4 is 10.0 Å². The Morgan fingerprint density at radius 1 is 1.17 bits per heavy atom. The van der Waals surface area contributed by atoms with Gasteiger partial charge in [0.25, 0.3) is 10.2 Å². The molecule has 1 aliphatic carbocycles. The van der Waals surface area contributed by atoms with Crippen LogP contribution in [-0.4, -0.2) is 45.3 Å². The maximum Gasteiger partial charge on any atom is 0.279 e. The van der Waals surface area contributed by atoms with E-state index < -0.39 is 10.2 Å². The Morgan fingerprint density at radius 3 is 2.22 bits per heavy atom. The summed E-state index contributed by atoms with van der Waals surface area (Å²) in [4.78, 5) is 11.6. The molecule has 6 nitrogen and oxygen atoms in total. The minimum Gasteiger partial charge on any atom is -0.352 e. The normalized spacial score (nSPS) is 18.6. The highest BCUT2D eigenvalue weighted by Gasteiger charge is 2.17. The quantitative estimate of drug-likeness (QED) is 0.706. The lowest BCUT2D eigenvalue weighted by Gasteiger charge is -2.17. The highest BCUT2D eigenvalue weighted by atomic mass is 32.2. The van der Waals surface area contributed by atoms with Crippen molar-refractivity contribution in [1.82, 2.24) is 14.3 Å². The molecule has 0 saturated heterocycles. The molecule has 106 valence electrons. The van der Waals surface area contributed by atoms with Crippen molar-refractivity contribution < 1.29 is 13.2 Å². The van der Waals surface area contributed by atoms with Crippen LogP contribution in [0, 0.1) is 0 Å². The smallest absolute Gasteiger partial charge is 0.279 e. The first-order valence-electron chi connectivity index (χ1n) is 6.38. The summed E-state index contributed by atoms with van der Waals surface area (Å²) in [5.41, 5.74) is 0. The van der Waals surface area contributed by atoms with Crippen molar-refractivity contribution >= 4 is 16.1 Å². The fourth-order valence-corrected chi connectivity index (χ4v) is 2.56. The molecule has 1 amide bonds. The van der Waals surface area contributed by atoms with Gasteiger partial charge < -0.3 is 5.32 Å². The fraction of sp³-hybridized carbons (Fsp3) is 0.909. The number of hydrogen-bond acceptors (Lipinski definition) is 3. The third-order valence-corrected chi connectivity index (χ3v) is 4.59. The van der Waals surface area contributed by atoms with Crippen LogP contribution in [-0.2, 0) is 15.0 Å². The molecule has 0 bridgehead atoms. The first-order valence-corrected chi connectivity index (χ1v) is 7.82. The van der Waals surface area contributed by atoms with Crippen LogP contribution in [0.25, 0.3) is 0 Å². The zero-order chi connectivity index (χ0) is 13.6. The van der Waals surface area contributed by atoms with E-state index in [9.17, 15) is 13.2 Å². The van der Waals surface area contributed by atoms with Crippen molar-refractivity contribution in [3.8, 4) is 0 Å². The highest BCUT2D eigenvalue weighted by molar-refractivity contribution is 7.87. The molecule has 1 rings (SSSR count). The predicted molar refractivity (Wildman–Crippen MR) is 70.2 cm³/mol. The van der Waals surface area contributed by atoms with Crippen LogP contribution in [0.3, 0.4) is 0 Å². The number of amides is 1. The molecule has 0 aromatic heterocycles. The van der Waals surface area contributed by atoms with Gasteiger partial charge in [-0.3, -0.25) is 4.79 Å². The van der Waals surface area contributed by atoms with E-state index in [0.29, 0.717) is 0 Å². The molecule has 0 aromatic carbocycles. The summed E-state index contributed by atoms with van der Waals surface area (Å²) in [5.74, 6) is -0.257. The lowest BCUT2D eigenvalue weighted by atomic mass is 10.1. The van der Waals surface area contributed by atoms with Crippen LogP contribution in [0.4, 0.5) is 0 Å². The molecule has 18 heavy (non-hydrogen) atoms. The molecule has 1 fully saturated rings. The maximum absolute atomic E-state index is 11.6. The maximum atomic E-state index is 11.6. The lowest BCUT2D eigenvalue weighted by molar-refractivity contribution is -0.120. The highest BCUT2D eigenvalue weighted by Crippen LogP contribution is 2.16. The van der Waals surface area contributed by atoms with Crippen LogP contribution in [0.2, 0.25) is 0 Å². The first kappa shape index (κ1) is 15.4. The summed E-state index contributed by atoms with van der Waals surface area (Å²) in [6.45, 7) is -0.197. The van der Waals surface area contributed by atoms with Gasteiger partial charge in [-0.05, 0) is 12.8 Å². The Morgan fingerprint density at radius 2 is 1.72 bits per heavy atom. The molecule has 0 aromatic rings. The molecule has 0 radical (unpaired) electrons. The van der Waals surface area contributed by atoms with E-state index in [0.717, 1.165) is 30.0 Å². The Kier molecular flexibility index (Phi) is 6.04. The number of carbonyl (C=O) groups excluding carboxylic acids is 1. The molecule has 0 heterocycles. The summed E-state index contributed by atoms with van der Waals surface area (Å²) in [6, 6.07) is 0.198. The average Bonchev–Trinajstić information content (AvgIpc) is 2.55. The van der Waals surface area contributed by atoms with Gasteiger partial charge in [0.2, 0.25) is 5.91 Å². The average molecular weight is 277 g/mol. The minimum absolute atomic E-state index is 0.197. The molecule has 0 atom stereocenters. The van der Waals surface area contributed by atoms with Gasteiger partial charge in [-0.2, -0.15) is 17.4 Å². The zero-order valence-electron chi connectivity index (χ0n) is 11.1. The van der Waals surface area contributed by atoms with Crippen LogP contribution in [0.1, 0.15) is 38.5 Å². The van der Waals surface area contributed by atoms with E-state index in [1.54, 1.807) is 0 Å². The van der Waals surface area contributed by atoms with Crippen molar-refractivity contribution in [2.24, 2.45) is 0 Å². The van der Waals surface area contributed by atoms with Gasteiger partial charge in [0.15, 0.2) is 0 Å². The van der Waals surface area contributed by atoms with E-state index in [4.69, 9.17) is 0 Å². The summed E-state index contributed by atoms with van der Waals surface area (Å²) < 4.78 is 26.1. The second kappa shape index (κ2) is 7.06. The van der Waals surface area contributed by atoms with Gasteiger partial charge in [0, 0.05) is 20.1 Å². The van der Waals surface area contributed by atoms with E-state index in [2.05, 4.69) is 10.0 Å². The van der Waals surface area contributed by atoms with Gasteiger partial charge in [-0.15, -0.1) is 0 Å². The van der Waals surface area contributed by atoms with E-state index in [1.165, 1.54) is 26.9 Å². The molecule has 7 heteroatoms. The summed E-state index contributed by atoms with van der Waals surface area (Å²) in [5, 5.41) is 2.89. The molecule has 1 aliphatic rings. The zero-order valence-corrected chi connectivity index (χ0v) is 11.9. The van der Waals surface area contributed by atoms with E-state index in [-0.39, 0.29) is 18.5 Å². The van der Waals surface area contributed by atoms with Gasteiger partial charge >= 0.3 is 0 Å². The van der Waals surface area contributed by atoms with Gasteiger partial charge in [0.1, 0.15) is 0 Å². The number of nitrogens with zero attached hydrogens (tertiary/aromatic N) is 1. The molecular formula is C11H23N3O3S. The van der Waals surface area contributed by atoms with Crippen LogP contribution in [0.5, 0.6) is 0 Å². The topological polar surface area (TPSA) is 78.5 Å². The second-order valence-corrected chi connectivity index (χ2v) is 6.83. The Hall–Kier alpha value is -0.660. The number of carbonyl (C=O) groups is 1. The summed E-state index contributed by atoms with van der Waals surface area (Å²) in [6.07, 6.45) is 6.69. The van der Waals surface area contributed by atoms with E-state index in [1.807, 2.05) is 0 Å². The minimum atomic E-state index is -3.52. The van der Waals surface area contributed by atoms with Crippen molar-refractivity contribution in [3.05, 3.63) is 0 Å². The van der Waals surface area contributed by atoms with Gasteiger partial charge in [-0.1, -0.05) is 25.7 Å². The Labute approximate surface area is 109 Å². The fourth-order valence-electron chi connectivity index (χ4n) is 1.99. The number of nitrogens with one attached hydrogen (secondary N) is 2. The van der Waals surface area contributed by atoms with Crippen LogP contribution in [0.15, 0.2) is 0 Å². The van der Waals surface area contributed by atoms with Crippen molar-refractivity contribution in [2.45, 2.75) is 44.6 Å². The number of hydrogen-bond donors (Lipinski definition) is 2. The van der Waals surface area contributed by atoms with Gasteiger partial charge in [-0.25, -0.2) is 0 Å². The number of rotatable bonds is 5. The predicted octanol–water partition coefficient (Wildman–Crippen LogP) is 0.221. The van der Waals surface area contributed by atoms with E-state index >= 15 is 0 Å². The molecule has 1 saturated carbocycles. The van der Waals surface area contributed by atoms with Crippen LogP contribution >= 0.6 is 0 Å². The Balaban J connectivity index is 2.33. The first-order chi connectivity index (χ1) is 8.42. The SMILES string of the molecule is CN(C)S(=O)(=O)NCC(=O)NC1CCCCCC1. The third-order valence-electron chi connectivity index (χ3n) is 3.12. The monoisotopic (exact) mass is 277 g/mol. The molecule has 0 unspecified atom stereocenters. The standard InChI is InChI=1S/C11H23N3O3S/c1-14(2)18(16,17)12-9-11(15)13-10-7-5-3-4-6-8-10/h10,12H,3-9H2,1-2H3,(H,13,15). The van der Waals surface area contributed by atoms with Crippen molar-refractivity contribution in [3.63, 3.8) is 0 Å². The Bertz CT molecular complexity index is 360. The molecular weight excluding hydrogens is 254 g/mol. The summed E-state index contributed by atoms with van der Waals surface area (Å²) >= 11 is 0. The molecule has 0 spiro atoms. The van der Waals surface area contributed by atoms with Crippen molar-refractivity contribution in [1.29, 1.82) is 0 Å². The molecule has 0 aliphatic heterocycles. The van der Waals surface area contributed by atoms with Gasteiger partial charge in [0.05, 0.1) is 6.54 Å². The largest absolute Gasteiger partial charge is 0.352 e. The third kappa shape index (κ3) is 5.32. The lowest BCUT2D eigenvalue weighted by Crippen LogP contribution is -2.44. The second-order valence-electron chi connectivity index (χ2n) is 4.86.